The lowest BCUT2D eigenvalue weighted by Crippen LogP contribution is -2.48. The molecule has 0 aromatic heterocycles. The average Bonchev–Trinajstić information content (AvgIpc) is 2.17. The van der Waals surface area contributed by atoms with Gasteiger partial charge in [0.05, 0.1) is 0 Å². The maximum absolute atomic E-state index is 11.1. The molecule has 0 heterocycles. The van der Waals surface area contributed by atoms with Gasteiger partial charge in [-0.25, -0.2) is 0 Å². The number of carboxylic acids is 1. The third-order valence-corrected chi connectivity index (χ3v) is 2.56. The van der Waals surface area contributed by atoms with E-state index in [2.05, 4.69) is 17.9 Å². The normalized spacial score (nSPS) is 13.4. The number of hydrogen-bond acceptors (Lipinski definition) is 3. The van der Waals surface area contributed by atoms with Crippen LogP contribution >= 0.6 is 12.6 Å². The molecule has 0 saturated carbocycles. The standard InChI is InChI=1S/C12H17NO2S/c1-12(2,16)10(11(14)15)13-8-9-6-4-3-5-7-9/h3-7,10,13,16H,8H2,1-2H3,(H,14,15). The predicted octanol–water partition coefficient (Wildman–Crippen LogP) is 1.94. The Kier molecular flexibility index (Phi) is 4.38. The summed E-state index contributed by atoms with van der Waals surface area (Å²) in [6.07, 6.45) is 0. The van der Waals surface area contributed by atoms with Crippen LogP contribution in [0.15, 0.2) is 30.3 Å². The molecule has 2 N–H and O–H groups in total. The van der Waals surface area contributed by atoms with E-state index in [0.29, 0.717) is 6.54 Å². The van der Waals surface area contributed by atoms with Crippen LogP contribution in [0, 0.1) is 0 Å². The van der Waals surface area contributed by atoms with Gasteiger partial charge >= 0.3 is 5.97 Å². The molecule has 0 radical (unpaired) electrons. The highest BCUT2D eigenvalue weighted by molar-refractivity contribution is 7.81. The van der Waals surface area contributed by atoms with Crippen LogP contribution in [0.1, 0.15) is 19.4 Å². The summed E-state index contributed by atoms with van der Waals surface area (Å²) >= 11 is 4.29. The largest absolute Gasteiger partial charge is 0.480 e. The molecule has 0 bridgehead atoms. The molecule has 1 aromatic carbocycles. The molecule has 1 aromatic rings. The molecule has 1 rings (SSSR count). The molecule has 0 aliphatic carbocycles. The Hall–Kier alpha value is -1.00. The maximum Gasteiger partial charge on any atom is 0.322 e. The second-order valence-corrected chi connectivity index (χ2v) is 5.44. The van der Waals surface area contributed by atoms with Gasteiger partial charge in [-0.15, -0.1) is 0 Å². The van der Waals surface area contributed by atoms with E-state index in [4.69, 9.17) is 5.11 Å². The first kappa shape index (κ1) is 13.1. The van der Waals surface area contributed by atoms with Crippen LogP contribution < -0.4 is 5.32 Å². The van der Waals surface area contributed by atoms with E-state index in [0.717, 1.165) is 5.56 Å². The van der Waals surface area contributed by atoms with E-state index in [1.807, 2.05) is 30.3 Å². The number of hydrogen-bond donors (Lipinski definition) is 3. The summed E-state index contributed by atoms with van der Waals surface area (Å²) in [6, 6.07) is 9.03. The van der Waals surface area contributed by atoms with Gasteiger partial charge in [-0.2, -0.15) is 12.6 Å². The lowest BCUT2D eigenvalue weighted by Gasteiger charge is -2.27. The number of carbonyl (C=O) groups is 1. The van der Waals surface area contributed by atoms with Crippen molar-refractivity contribution in [3.05, 3.63) is 35.9 Å². The molecule has 0 aliphatic rings. The Labute approximate surface area is 101 Å². The minimum atomic E-state index is -0.879. The minimum absolute atomic E-state index is 0.530. The van der Waals surface area contributed by atoms with E-state index >= 15 is 0 Å². The van der Waals surface area contributed by atoms with Crippen LogP contribution in [0.5, 0.6) is 0 Å². The SMILES string of the molecule is CC(C)(S)C(NCc1ccccc1)C(=O)O. The molecule has 1 unspecified atom stereocenters. The Balaban J connectivity index is 2.62. The fourth-order valence-electron chi connectivity index (χ4n) is 1.46. The van der Waals surface area contributed by atoms with Gasteiger partial charge < -0.3 is 5.11 Å². The van der Waals surface area contributed by atoms with Gasteiger partial charge in [0.2, 0.25) is 0 Å². The van der Waals surface area contributed by atoms with E-state index in [1.165, 1.54) is 0 Å². The summed E-state index contributed by atoms with van der Waals surface area (Å²) in [4.78, 5) is 11.1. The van der Waals surface area contributed by atoms with Crippen molar-refractivity contribution in [3.8, 4) is 0 Å². The van der Waals surface area contributed by atoms with Crippen LogP contribution in [0.3, 0.4) is 0 Å². The highest BCUT2D eigenvalue weighted by Gasteiger charge is 2.31. The number of rotatable bonds is 5. The van der Waals surface area contributed by atoms with Crippen LogP contribution in [-0.2, 0) is 11.3 Å². The topological polar surface area (TPSA) is 49.3 Å². The van der Waals surface area contributed by atoms with Crippen molar-refractivity contribution in [2.75, 3.05) is 0 Å². The Morgan fingerprint density at radius 2 is 2.00 bits per heavy atom. The molecule has 1 atom stereocenters. The predicted molar refractivity (Wildman–Crippen MR) is 67.8 cm³/mol. The molecule has 0 aliphatic heterocycles. The molecular formula is C12H17NO2S. The van der Waals surface area contributed by atoms with Gasteiger partial charge in [0.25, 0.3) is 0 Å². The van der Waals surface area contributed by atoms with Crippen molar-refractivity contribution in [3.63, 3.8) is 0 Å². The number of aliphatic carboxylic acids is 1. The van der Waals surface area contributed by atoms with Gasteiger partial charge in [-0.05, 0) is 19.4 Å². The Bertz CT molecular complexity index is 346. The van der Waals surface area contributed by atoms with E-state index < -0.39 is 16.8 Å². The third kappa shape index (κ3) is 3.87. The Morgan fingerprint density at radius 1 is 1.44 bits per heavy atom. The molecule has 0 fully saturated rings. The number of nitrogens with one attached hydrogen (secondary N) is 1. The van der Waals surface area contributed by atoms with Crippen molar-refractivity contribution < 1.29 is 9.90 Å². The van der Waals surface area contributed by atoms with Crippen LogP contribution in [-0.4, -0.2) is 21.9 Å². The molecule has 3 nitrogen and oxygen atoms in total. The highest BCUT2D eigenvalue weighted by atomic mass is 32.1. The molecule has 0 amide bonds. The van der Waals surface area contributed by atoms with Crippen molar-refractivity contribution in [2.45, 2.75) is 31.2 Å². The smallest absolute Gasteiger partial charge is 0.322 e. The first-order chi connectivity index (χ1) is 7.41. The quantitative estimate of drug-likeness (QED) is 0.688. The first-order valence-electron chi connectivity index (χ1n) is 5.14. The van der Waals surface area contributed by atoms with Gasteiger partial charge in [0.1, 0.15) is 6.04 Å². The van der Waals surface area contributed by atoms with Crippen molar-refractivity contribution in [2.24, 2.45) is 0 Å². The minimum Gasteiger partial charge on any atom is -0.480 e. The fraction of sp³-hybridized carbons (Fsp3) is 0.417. The summed E-state index contributed by atoms with van der Waals surface area (Å²) in [5.74, 6) is -0.879. The van der Waals surface area contributed by atoms with Gasteiger partial charge in [0.15, 0.2) is 0 Å². The zero-order valence-corrected chi connectivity index (χ0v) is 10.4. The van der Waals surface area contributed by atoms with E-state index in [9.17, 15) is 4.79 Å². The number of benzene rings is 1. The second-order valence-electron chi connectivity index (χ2n) is 4.29. The van der Waals surface area contributed by atoms with Crippen molar-refractivity contribution in [1.82, 2.24) is 5.32 Å². The summed E-state index contributed by atoms with van der Waals surface area (Å²) in [7, 11) is 0. The molecule has 88 valence electrons. The first-order valence-corrected chi connectivity index (χ1v) is 5.58. The average molecular weight is 239 g/mol. The fourth-order valence-corrected chi connectivity index (χ4v) is 1.66. The molecule has 0 spiro atoms. The van der Waals surface area contributed by atoms with E-state index in [-0.39, 0.29) is 0 Å². The zero-order valence-electron chi connectivity index (χ0n) is 9.47. The van der Waals surface area contributed by atoms with Crippen LogP contribution in [0.2, 0.25) is 0 Å². The summed E-state index contributed by atoms with van der Waals surface area (Å²) in [5, 5.41) is 12.1. The molecule has 4 heteroatoms. The Morgan fingerprint density at radius 3 is 2.44 bits per heavy atom. The van der Waals surface area contributed by atoms with Crippen molar-refractivity contribution in [1.29, 1.82) is 0 Å². The van der Waals surface area contributed by atoms with E-state index in [1.54, 1.807) is 13.8 Å². The van der Waals surface area contributed by atoms with Gasteiger partial charge in [0, 0.05) is 11.3 Å². The monoisotopic (exact) mass is 239 g/mol. The highest BCUT2D eigenvalue weighted by Crippen LogP contribution is 2.18. The van der Waals surface area contributed by atoms with Gasteiger partial charge in [-0.1, -0.05) is 30.3 Å². The third-order valence-electron chi connectivity index (χ3n) is 2.31. The lowest BCUT2D eigenvalue weighted by atomic mass is 10.0. The van der Waals surface area contributed by atoms with Crippen LogP contribution in [0.4, 0.5) is 0 Å². The molecular weight excluding hydrogens is 222 g/mol. The van der Waals surface area contributed by atoms with Crippen LogP contribution in [0.25, 0.3) is 0 Å². The molecule has 16 heavy (non-hydrogen) atoms. The van der Waals surface area contributed by atoms with Gasteiger partial charge in [-0.3, -0.25) is 10.1 Å². The maximum atomic E-state index is 11.1. The zero-order chi connectivity index (χ0) is 12.2. The second kappa shape index (κ2) is 5.37. The molecule has 0 saturated heterocycles. The van der Waals surface area contributed by atoms with Crippen molar-refractivity contribution >= 4 is 18.6 Å². The lowest BCUT2D eigenvalue weighted by molar-refractivity contribution is -0.140. The summed E-state index contributed by atoms with van der Waals surface area (Å²) < 4.78 is -0.597. The number of thiol groups is 1. The summed E-state index contributed by atoms with van der Waals surface area (Å²) in [6.45, 7) is 4.10. The number of carboxylic acid groups (broad SMARTS) is 1. The summed E-state index contributed by atoms with van der Waals surface area (Å²) in [5.41, 5.74) is 1.06.